The van der Waals surface area contributed by atoms with Crippen LogP contribution in [0.1, 0.15) is 38.5 Å². The molecule has 3 atom stereocenters. The van der Waals surface area contributed by atoms with Gasteiger partial charge in [0.25, 0.3) is 0 Å². The third-order valence-corrected chi connectivity index (χ3v) is 4.68. The Labute approximate surface area is 113 Å². The molecule has 0 saturated heterocycles. The van der Waals surface area contributed by atoms with Crippen LogP contribution in [-0.2, 0) is 11.3 Å². The van der Waals surface area contributed by atoms with Gasteiger partial charge in [0.2, 0.25) is 5.91 Å². The minimum Gasteiger partial charge on any atom is -0.356 e. The quantitative estimate of drug-likeness (QED) is 0.792. The molecule has 0 radical (unpaired) electrons. The van der Waals surface area contributed by atoms with Crippen molar-refractivity contribution in [3.8, 4) is 0 Å². The van der Waals surface area contributed by atoms with Crippen LogP contribution in [0.25, 0.3) is 0 Å². The van der Waals surface area contributed by atoms with Crippen LogP contribution in [0.3, 0.4) is 0 Å². The van der Waals surface area contributed by atoms with Gasteiger partial charge in [0.05, 0.1) is 0 Å². The van der Waals surface area contributed by atoms with Gasteiger partial charge in [-0.05, 0) is 43.4 Å². The Hall–Kier alpha value is -1.39. The lowest BCUT2D eigenvalue weighted by Crippen LogP contribution is -2.28. The topological polar surface area (TPSA) is 59.8 Å². The van der Waals surface area contributed by atoms with Gasteiger partial charge in [-0.1, -0.05) is 6.42 Å². The first-order valence-corrected chi connectivity index (χ1v) is 7.40. The number of hydrogen-bond donors (Lipinski definition) is 1. The Morgan fingerprint density at radius 1 is 1.37 bits per heavy atom. The number of rotatable bonds is 6. The molecule has 3 unspecified atom stereocenters. The predicted molar refractivity (Wildman–Crippen MR) is 71.2 cm³/mol. The standard InChI is InChI=1S/C14H22N4O/c19-14(8-13-7-11-2-3-12(13)6-11)16-4-1-5-18-10-15-9-17-18/h9-13H,1-8H2,(H,16,19). The molecule has 1 heterocycles. The van der Waals surface area contributed by atoms with Crippen molar-refractivity contribution >= 4 is 5.91 Å². The Bertz CT molecular complexity index is 417. The van der Waals surface area contributed by atoms with Crippen LogP contribution in [0.5, 0.6) is 0 Å². The summed E-state index contributed by atoms with van der Waals surface area (Å²) in [6, 6.07) is 0. The van der Waals surface area contributed by atoms with E-state index in [-0.39, 0.29) is 5.91 Å². The lowest BCUT2D eigenvalue weighted by atomic mass is 9.86. The van der Waals surface area contributed by atoms with Gasteiger partial charge in [0, 0.05) is 19.5 Å². The molecule has 1 aromatic heterocycles. The maximum atomic E-state index is 11.9. The summed E-state index contributed by atoms with van der Waals surface area (Å²) in [5.41, 5.74) is 0. The SMILES string of the molecule is O=C(CC1CC2CCC1C2)NCCCn1cncn1. The summed E-state index contributed by atoms with van der Waals surface area (Å²) in [5.74, 6) is 2.66. The molecule has 3 rings (SSSR count). The molecule has 1 N–H and O–H groups in total. The van der Waals surface area contributed by atoms with Crippen molar-refractivity contribution in [2.75, 3.05) is 6.54 Å². The second kappa shape index (κ2) is 5.72. The van der Waals surface area contributed by atoms with Crippen molar-refractivity contribution in [1.82, 2.24) is 20.1 Å². The fraction of sp³-hybridized carbons (Fsp3) is 0.786. The molecule has 0 aromatic carbocycles. The minimum atomic E-state index is 0.233. The average molecular weight is 262 g/mol. The van der Waals surface area contributed by atoms with E-state index in [2.05, 4.69) is 15.4 Å². The van der Waals surface area contributed by atoms with Crippen LogP contribution in [0, 0.1) is 17.8 Å². The number of carbonyl (C=O) groups excluding carboxylic acids is 1. The fourth-order valence-corrected chi connectivity index (χ4v) is 3.75. The maximum Gasteiger partial charge on any atom is 0.220 e. The molecule has 5 heteroatoms. The van der Waals surface area contributed by atoms with Gasteiger partial charge in [-0.2, -0.15) is 5.10 Å². The van der Waals surface area contributed by atoms with Crippen molar-refractivity contribution in [2.24, 2.45) is 17.8 Å². The first-order chi connectivity index (χ1) is 9.31. The second-order valence-electron chi connectivity index (χ2n) is 6.00. The number of carbonyl (C=O) groups is 1. The average Bonchev–Trinajstić information content (AvgIpc) is 3.11. The van der Waals surface area contributed by atoms with Crippen molar-refractivity contribution in [3.05, 3.63) is 12.7 Å². The number of hydrogen-bond acceptors (Lipinski definition) is 3. The normalized spacial score (nSPS) is 28.7. The molecule has 104 valence electrons. The lowest BCUT2D eigenvalue weighted by Gasteiger charge is -2.20. The fourth-order valence-electron chi connectivity index (χ4n) is 3.75. The molecular weight excluding hydrogens is 240 g/mol. The molecule has 0 aliphatic heterocycles. The summed E-state index contributed by atoms with van der Waals surface area (Å²) in [6.07, 6.45) is 10.3. The van der Waals surface area contributed by atoms with Crippen molar-refractivity contribution < 1.29 is 4.79 Å². The van der Waals surface area contributed by atoms with E-state index in [0.717, 1.165) is 37.8 Å². The van der Waals surface area contributed by atoms with Crippen LogP contribution in [0.4, 0.5) is 0 Å². The summed E-state index contributed by atoms with van der Waals surface area (Å²) in [4.78, 5) is 15.8. The van der Waals surface area contributed by atoms with E-state index in [1.807, 2.05) is 0 Å². The Morgan fingerprint density at radius 3 is 3.00 bits per heavy atom. The van der Waals surface area contributed by atoms with E-state index in [9.17, 15) is 4.79 Å². The molecule has 2 fully saturated rings. The third-order valence-electron chi connectivity index (χ3n) is 4.68. The van der Waals surface area contributed by atoms with Gasteiger partial charge >= 0.3 is 0 Å². The highest BCUT2D eigenvalue weighted by Gasteiger charge is 2.39. The molecule has 2 bridgehead atoms. The molecule has 0 spiro atoms. The van der Waals surface area contributed by atoms with E-state index in [0.29, 0.717) is 5.92 Å². The number of nitrogens with zero attached hydrogens (tertiary/aromatic N) is 3. The van der Waals surface area contributed by atoms with Gasteiger partial charge in [0.15, 0.2) is 0 Å². The van der Waals surface area contributed by atoms with Crippen molar-refractivity contribution in [2.45, 2.75) is 45.1 Å². The molecule has 1 amide bonds. The van der Waals surface area contributed by atoms with E-state index in [1.54, 1.807) is 11.0 Å². The molecular formula is C14H22N4O. The van der Waals surface area contributed by atoms with Crippen LogP contribution in [-0.4, -0.2) is 27.2 Å². The van der Waals surface area contributed by atoms with Gasteiger partial charge in [-0.3, -0.25) is 9.48 Å². The Kier molecular flexibility index (Phi) is 3.80. The maximum absolute atomic E-state index is 11.9. The molecule has 2 saturated carbocycles. The van der Waals surface area contributed by atoms with Crippen LogP contribution >= 0.6 is 0 Å². The summed E-state index contributed by atoms with van der Waals surface area (Å²) in [6.45, 7) is 1.55. The smallest absolute Gasteiger partial charge is 0.220 e. The van der Waals surface area contributed by atoms with E-state index >= 15 is 0 Å². The van der Waals surface area contributed by atoms with E-state index < -0.39 is 0 Å². The number of aromatic nitrogens is 3. The van der Waals surface area contributed by atoms with Gasteiger partial charge in [0.1, 0.15) is 12.7 Å². The third kappa shape index (κ3) is 3.14. The lowest BCUT2D eigenvalue weighted by molar-refractivity contribution is -0.122. The van der Waals surface area contributed by atoms with Crippen LogP contribution < -0.4 is 5.32 Å². The van der Waals surface area contributed by atoms with E-state index in [4.69, 9.17) is 0 Å². The number of nitrogens with one attached hydrogen (secondary N) is 1. The van der Waals surface area contributed by atoms with Gasteiger partial charge in [-0.15, -0.1) is 0 Å². The highest BCUT2D eigenvalue weighted by atomic mass is 16.1. The van der Waals surface area contributed by atoms with Crippen LogP contribution in [0.15, 0.2) is 12.7 Å². The second-order valence-corrected chi connectivity index (χ2v) is 6.00. The van der Waals surface area contributed by atoms with Gasteiger partial charge < -0.3 is 5.32 Å². The van der Waals surface area contributed by atoms with Gasteiger partial charge in [-0.25, -0.2) is 4.98 Å². The summed E-state index contributed by atoms with van der Waals surface area (Å²) < 4.78 is 1.79. The monoisotopic (exact) mass is 262 g/mol. The molecule has 2 aliphatic rings. The Balaban J connectivity index is 1.31. The summed E-state index contributed by atoms with van der Waals surface area (Å²) in [5, 5.41) is 7.07. The first-order valence-electron chi connectivity index (χ1n) is 7.40. The zero-order valence-electron chi connectivity index (χ0n) is 11.3. The molecule has 1 aromatic rings. The molecule has 2 aliphatic carbocycles. The number of amides is 1. The minimum absolute atomic E-state index is 0.233. The highest BCUT2D eigenvalue weighted by molar-refractivity contribution is 5.76. The molecule has 5 nitrogen and oxygen atoms in total. The zero-order valence-corrected chi connectivity index (χ0v) is 11.3. The van der Waals surface area contributed by atoms with Crippen molar-refractivity contribution in [1.29, 1.82) is 0 Å². The largest absolute Gasteiger partial charge is 0.356 e. The highest BCUT2D eigenvalue weighted by Crippen LogP contribution is 2.49. The predicted octanol–water partition coefficient (Wildman–Crippen LogP) is 1.61. The summed E-state index contributed by atoms with van der Waals surface area (Å²) in [7, 11) is 0. The number of fused-ring (bicyclic) bond motifs is 2. The number of aryl methyl sites for hydroxylation is 1. The van der Waals surface area contributed by atoms with Crippen molar-refractivity contribution in [3.63, 3.8) is 0 Å². The van der Waals surface area contributed by atoms with Crippen LogP contribution in [0.2, 0.25) is 0 Å². The first kappa shape index (κ1) is 12.6. The molecule has 19 heavy (non-hydrogen) atoms. The zero-order chi connectivity index (χ0) is 13.1. The van der Waals surface area contributed by atoms with E-state index in [1.165, 1.54) is 32.0 Å². The Morgan fingerprint density at radius 2 is 2.32 bits per heavy atom. The summed E-state index contributed by atoms with van der Waals surface area (Å²) >= 11 is 0.